The van der Waals surface area contributed by atoms with Gasteiger partial charge in [-0.1, -0.05) is 11.6 Å². The fourth-order valence-electron chi connectivity index (χ4n) is 1.64. The highest BCUT2D eigenvalue weighted by molar-refractivity contribution is 6.30. The third-order valence-corrected chi connectivity index (χ3v) is 2.84. The van der Waals surface area contributed by atoms with Gasteiger partial charge in [0.15, 0.2) is 0 Å². The molecule has 0 saturated carbocycles. The summed E-state index contributed by atoms with van der Waals surface area (Å²) in [6.45, 7) is 5.46. The fraction of sp³-hybridized carbons (Fsp3) is 0.467. The predicted octanol–water partition coefficient (Wildman–Crippen LogP) is 3.12. The number of hydrogen-bond donors (Lipinski definition) is 3. The van der Waals surface area contributed by atoms with E-state index in [4.69, 9.17) is 16.3 Å². The van der Waals surface area contributed by atoms with Crippen molar-refractivity contribution in [1.29, 1.82) is 0 Å². The minimum atomic E-state index is -0.999. The van der Waals surface area contributed by atoms with Gasteiger partial charge in [0.05, 0.1) is 0 Å². The third-order valence-electron chi connectivity index (χ3n) is 2.58. The molecule has 122 valence electrons. The second-order valence-electron chi connectivity index (χ2n) is 5.76. The summed E-state index contributed by atoms with van der Waals surface area (Å²) < 4.78 is 5.08. The Morgan fingerprint density at radius 3 is 2.36 bits per heavy atom. The van der Waals surface area contributed by atoms with Crippen molar-refractivity contribution in [3.8, 4) is 0 Å². The number of carbonyl (C=O) groups excluding carboxylic acids is 1. The molecule has 3 N–H and O–H groups in total. The summed E-state index contributed by atoms with van der Waals surface area (Å²) in [5, 5.41) is 15.2. The molecule has 0 aliphatic heterocycles. The van der Waals surface area contributed by atoms with Gasteiger partial charge in [0.2, 0.25) is 0 Å². The van der Waals surface area contributed by atoms with Crippen molar-refractivity contribution in [2.24, 2.45) is 0 Å². The Bertz CT molecular complexity index is 511. The zero-order valence-corrected chi connectivity index (χ0v) is 13.6. The number of hydrogen-bond acceptors (Lipinski definition) is 4. The third kappa shape index (κ3) is 7.17. The lowest BCUT2D eigenvalue weighted by Gasteiger charge is -2.20. The van der Waals surface area contributed by atoms with E-state index in [0.29, 0.717) is 10.7 Å². The molecule has 0 heterocycles. The Labute approximate surface area is 134 Å². The highest BCUT2D eigenvalue weighted by Crippen LogP contribution is 2.15. The summed E-state index contributed by atoms with van der Waals surface area (Å²) >= 11 is 5.78. The molecule has 0 aliphatic rings. The molecule has 0 radical (unpaired) electrons. The first-order valence-electron chi connectivity index (χ1n) is 6.89. The number of amides is 1. The Morgan fingerprint density at radius 1 is 1.27 bits per heavy atom. The highest BCUT2D eigenvalue weighted by atomic mass is 35.5. The van der Waals surface area contributed by atoms with Crippen molar-refractivity contribution in [2.45, 2.75) is 38.8 Å². The smallest absolute Gasteiger partial charge is 0.407 e. The maximum atomic E-state index is 11.5. The first kappa shape index (κ1) is 18.1. The van der Waals surface area contributed by atoms with Crippen molar-refractivity contribution < 1.29 is 19.4 Å². The van der Waals surface area contributed by atoms with Gasteiger partial charge in [-0.25, -0.2) is 9.59 Å². The number of carbonyl (C=O) groups is 2. The molecular formula is C15H21ClN2O4. The quantitative estimate of drug-likeness (QED) is 0.746. The molecule has 0 aliphatic carbocycles. The normalized spacial score (nSPS) is 12.4. The number of halogens is 1. The van der Waals surface area contributed by atoms with Gasteiger partial charge in [0.1, 0.15) is 11.6 Å². The molecule has 1 amide bonds. The van der Waals surface area contributed by atoms with Gasteiger partial charge < -0.3 is 20.5 Å². The van der Waals surface area contributed by atoms with E-state index in [1.54, 1.807) is 45.0 Å². The molecule has 0 fully saturated rings. The van der Waals surface area contributed by atoms with Crippen molar-refractivity contribution >= 4 is 29.4 Å². The average molecular weight is 329 g/mol. The molecule has 1 aromatic rings. The second-order valence-corrected chi connectivity index (χ2v) is 6.20. The maximum absolute atomic E-state index is 11.5. The molecule has 22 heavy (non-hydrogen) atoms. The minimum Gasteiger partial charge on any atom is -0.480 e. The molecule has 6 nitrogen and oxygen atoms in total. The van der Waals surface area contributed by atoms with Crippen molar-refractivity contribution in [3.05, 3.63) is 29.3 Å². The summed E-state index contributed by atoms with van der Waals surface area (Å²) in [5.41, 5.74) is 0.0618. The molecule has 0 bridgehead atoms. The second kappa shape index (κ2) is 7.89. The molecular weight excluding hydrogens is 308 g/mol. The number of nitrogens with one attached hydrogen (secondary N) is 2. The van der Waals surface area contributed by atoms with E-state index in [2.05, 4.69) is 10.6 Å². The lowest BCUT2D eigenvalue weighted by Crippen LogP contribution is -2.37. The van der Waals surface area contributed by atoms with E-state index in [1.165, 1.54) is 0 Å². The van der Waals surface area contributed by atoms with Gasteiger partial charge in [-0.15, -0.1) is 0 Å². The number of carboxylic acids is 1. The van der Waals surface area contributed by atoms with Crippen LogP contribution in [0.15, 0.2) is 24.3 Å². The van der Waals surface area contributed by atoms with E-state index in [-0.39, 0.29) is 13.0 Å². The Balaban J connectivity index is 2.46. The molecule has 1 rings (SSSR count). The van der Waals surface area contributed by atoms with E-state index in [9.17, 15) is 14.7 Å². The SMILES string of the molecule is CC(C)(C)OC(=O)NCCC(Nc1ccc(Cl)cc1)C(=O)O. The standard InChI is InChI=1S/C15H21ClN2O4/c1-15(2,3)22-14(21)17-9-8-12(13(19)20)18-11-6-4-10(16)5-7-11/h4-7,12,18H,8-9H2,1-3H3,(H,17,21)(H,19,20). The largest absolute Gasteiger partial charge is 0.480 e. The van der Waals surface area contributed by atoms with Gasteiger partial charge >= 0.3 is 12.1 Å². The zero-order valence-electron chi connectivity index (χ0n) is 12.9. The Morgan fingerprint density at radius 2 is 1.86 bits per heavy atom. The van der Waals surface area contributed by atoms with Gasteiger partial charge in [-0.3, -0.25) is 0 Å². The number of alkyl carbamates (subject to hydrolysis) is 1. The zero-order chi connectivity index (χ0) is 16.8. The van der Waals surface area contributed by atoms with E-state index < -0.39 is 23.7 Å². The number of benzene rings is 1. The van der Waals surface area contributed by atoms with E-state index >= 15 is 0 Å². The fourth-order valence-corrected chi connectivity index (χ4v) is 1.76. The molecule has 0 saturated heterocycles. The van der Waals surface area contributed by atoms with Crippen LogP contribution < -0.4 is 10.6 Å². The van der Waals surface area contributed by atoms with Crippen molar-refractivity contribution in [2.75, 3.05) is 11.9 Å². The van der Waals surface area contributed by atoms with Crippen LogP contribution in [0.25, 0.3) is 0 Å². The summed E-state index contributed by atoms with van der Waals surface area (Å²) in [5.74, 6) is -0.999. The molecule has 1 unspecified atom stereocenters. The summed E-state index contributed by atoms with van der Waals surface area (Å²) in [7, 11) is 0. The summed E-state index contributed by atoms with van der Waals surface area (Å²) in [6.07, 6.45) is -0.347. The van der Waals surface area contributed by atoms with Crippen LogP contribution in [0.2, 0.25) is 5.02 Å². The maximum Gasteiger partial charge on any atom is 0.407 e. The lowest BCUT2D eigenvalue weighted by molar-refractivity contribution is -0.138. The van der Waals surface area contributed by atoms with Gasteiger partial charge in [-0.2, -0.15) is 0 Å². The Hall–Kier alpha value is -1.95. The lowest BCUT2D eigenvalue weighted by atomic mass is 10.2. The van der Waals surface area contributed by atoms with Crippen LogP contribution in [0.5, 0.6) is 0 Å². The van der Waals surface area contributed by atoms with Crippen LogP contribution in [0, 0.1) is 0 Å². The molecule has 1 aromatic carbocycles. The number of carboxylic acid groups (broad SMARTS) is 1. The number of aliphatic carboxylic acids is 1. The highest BCUT2D eigenvalue weighted by Gasteiger charge is 2.19. The number of ether oxygens (including phenoxy) is 1. The molecule has 0 spiro atoms. The first-order chi connectivity index (χ1) is 10.2. The monoisotopic (exact) mass is 328 g/mol. The van der Waals surface area contributed by atoms with E-state index in [1.807, 2.05) is 0 Å². The first-order valence-corrected chi connectivity index (χ1v) is 7.27. The minimum absolute atomic E-state index is 0.187. The number of anilines is 1. The van der Waals surface area contributed by atoms with Crippen LogP contribution in [0.3, 0.4) is 0 Å². The topological polar surface area (TPSA) is 87.7 Å². The van der Waals surface area contributed by atoms with Crippen LogP contribution in [0.1, 0.15) is 27.2 Å². The average Bonchev–Trinajstić information content (AvgIpc) is 2.37. The Kier molecular flexibility index (Phi) is 6.49. The molecule has 0 aromatic heterocycles. The summed E-state index contributed by atoms with van der Waals surface area (Å²) in [4.78, 5) is 22.7. The molecule has 7 heteroatoms. The molecule has 1 atom stereocenters. The van der Waals surface area contributed by atoms with E-state index in [0.717, 1.165) is 0 Å². The van der Waals surface area contributed by atoms with Gasteiger partial charge in [0.25, 0.3) is 0 Å². The van der Waals surface area contributed by atoms with Crippen LogP contribution >= 0.6 is 11.6 Å². The van der Waals surface area contributed by atoms with Crippen LogP contribution in [-0.4, -0.2) is 35.4 Å². The predicted molar refractivity (Wildman–Crippen MR) is 85.4 cm³/mol. The van der Waals surface area contributed by atoms with Crippen molar-refractivity contribution in [1.82, 2.24) is 5.32 Å². The van der Waals surface area contributed by atoms with Crippen molar-refractivity contribution in [3.63, 3.8) is 0 Å². The van der Waals surface area contributed by atoms with Gasteiger partial charge in [0, 0.05) is 17.3 Å². The van der Waals surface area contributed by atoms with Crippen LogP contribution in [0.4, 0.5) is 10.5 Å². The number of rotatable bonds is 6. The summed E-state index contributed by atoms with van der Waals surface area (Å²) in [6, 6.07) is 5.90. The van der Waals surface area contributed by atoms with Gasteiger partial charge in [-0.05, 0) is 51.5 Å². The van der Waals surface area contributed by atoms with Crippen LogP contribution in [-0.2, 0) is 9.53 Å².